The van der Waals surface area contributed by atoms with E-state index < -0.39 is 132 Å². The Morgan fingerprint density at radius 2 is 1.72 bits per heavy atom. The van der Waals surface area contributed by atoms with Gasteiger partial charge in [0.05, 0.1) is 25.2 Å². The zero-order chi connectivity index (χ0) is 34.5. The number of rotatable bonds is 6. The number of carbonyl (C=O) groups is 4. The Hall–Kier alpha value is -2.96. The van der Waals surface area contributed by atoms with Crippen LogP contribution in [0.3, 0.4) is 0 Å². The highest BCUT2D eigenvalue weighted by Gasteiger charge is 2.85. The van der Waals surface area contributed by atoms with Crippen molar-refractivity contribution in [2.45, 2.75) is 94.8 Å². The molecule has 0 aromatic carbocycles. The molecule has 5 fully saturated rings. The quantitative estimate of drug-likeness (QED) is 0.114. The van der Waals surface area contributed by atoms with Crippen LogP contribution < -0.4 is 0 Å². The molecular weight excluding hydrogens is 628 g/mol. The molecule has 260 valence electrons. The number of fused-ring (bicyclic) bond motifs is 2. The second-order valence-corrected chi connectivity index (χ2v) is 14.1. The van der Waals surface area contributed by atoms with Gasteiger partial charge in [-0.3, -0.25) is 4.79 Å². The largest absolute Gasteiger partial charge is 0.479 e. The van der Waals surface area contributed by atoms with Gasteiger partial charge in [-0.2, -0.15) is 0 Å². The number of hydrogen-bond acceptors (Lipinski definition) is 15. The molecule has 1 spiro atoms. The molecule has 47 heavy (non-hydrogen) atoms. The molecule has 16 atom stereocenters. The normalized spacial score (nSPS) is 49.9. The van der Waals surface area contributed by atoms with Crippen molar-refractivity contribution in [2.75, 3.05) is 13.2 Å². The van der Waals surface area contributed by atoms with Gasteiger partial charge >= 0.3 is 17.9 Å². The third-order valence-electron chi connectivity index (χ3n) is 11.4. The first-order valence-electron chi connectivity index (χ1n) is 15.5. The summed E-state index contributed by atoms with van der Waals surface area (Å²) in [6.07, 6.45) is -12.7. The van der Waals surface area contributed by atoms with Crippen LogP contribution in [0.2, 0.25) is 0 Å². The maximum Gasteiger partial charge on any atom is 0.348 e. The summed E-state index contributed by atoms with van der Waals surface area (Å²) < 4.78 is 28.6. The summed E-state index contributed by atoms with van der Waals surface area (Å²) >= 11 is 0. The number of aliphatic hydroxyl groups is 6. The van der Waals surface area contributed by atoms with Crippen molar-refractivity contribution in [3.05, 3.63) is 23.5 Å². The lowest BCUT2D eigenvalue weighted by Gasteiger charge is -2.67. The smallest absolute Gasteiger partial charge is 0.348 e. The lowest BCUT2D eigenvalue weighted by atomic mass is 9.38. The monoisotopic (exact) mass is 668 g/mol. The third-order valence-corrected chi connectivity index (χ3v) is 11.4. The Morgan fingerprint density at radius 1 is 1.04 bits per heavy atom. The fourth-order valence-electron chi connectivity index (χ4n) is 9.43. The Balaban J connectivity index is 1.47. The Kier molecular flexibility index (Phi) is 8.16. The molecule has 3 saturated heterocycles. The van der Waals surface area contributed by atoms with E-state index in [1.54, 1.807) is 27.7 Å². The summed E-state index contributed by atoms with van der Waals surface area (Å²) in [4.78, 5) is 53.0. The number of aliphatic hydroxyl groups excluding tert-OH is 6. The molecule has 0 aromatic rings. The standard InChI is InChI=1S/C31H40O16/c1-10(2)5-16(33)47-22-24-30-9-43-31(24,28(41)42)25(39)21(38)23(30)29(4)7-13(17(34)11(3)12(29)6-15(30)46-26(22)40)44-27-20(37)19(36)18(35)14(8-32)45-27/h5,7,11-12,14-15,18-25,27,32,35-39H,6,8-9H2,1-4H3,(H,41,42)/t11-,12-,14+,15+,18+,19-,20+,21+,22+,23+,24+,25-,27+,29-,30+,31-/m0/s1. The molecule has 3 heterocycles. The first-order chi connectivity index (χ1) is 22.0. The molecule has 0 unspecified atom stereocenters. The molecule has 0 aromatic heterocycles. The van der Waals surface area contributed by atoms with Crippen molar-refractivity contribution in [1.82, 2.24) is 0 Å². The Bertz CT molecular complexity index is 1420. The van der Waals surface area contributed by atoms with Crippen molar-refractivity contribution in [2.24, 2.45) is 34.5 Å². The van der Waals surface area contributed by atoms with E-state index in [1.807, 2.05) is 0 Å². The summed E-state index contributed by atoms with van der Waals surface area (Å²) in [5, 5.41) is 74.6. The first kappa shape index (κ1) is 33.9. The number of aliphatic carboxylic acids is 1. The van der Waals surface area contributed by atoms with Crippen LogP contribution in [-0.2, 0) is 42.9 Å². The van der Waals surface area contributed by atoms with Crippen molar-refractivity contribution in [3.8, 4) is 0 Å². The van der Waals surface area contributed by atoms with Crippen LogP contribution in [0, 0.1) is 34.5 Å². The molecule has 16 heteroatoms. The van der Waals surface area contributed by atoms with Crippen molar-refractivity contribution >= 4 is 23.7 Å². The average Bonchev–Trinajstić information content (AvgIpc) is 3.31. The van der Waals surface area contributed by atoms with Crippen LogP contribution in [0.25, 0.3) is 0 Å². The van der Waals surface area contributed by atoms with Crippen LogP contribution >= 0.6 is 0 Å². The molecule has 2 bridgehead atoms. The molecule has 6 aliphatic rings. The molecule has 3 aliphatic carbocycles. The van der Waals surface area contributed by atoms with Crippen LogP contribution in [0.4, 0.5) is 0 Å². The van der Waals surface area contributed by atoms with Gasteiger partial charge in [-0.1, -0.05) is 19.4 Å². The molecule has 3 aliphatic heterocycles. The lowest BCUT2D eigenvalue weighted by Crippen LogP contribution is -2.79. The third kappa shape index (κ3) is 4.49. The summed E-state index contributed by atoms with van der Waals surface area (Å²) in [7, 11) is 0. The second kappa shape index (κ2) is 11.3. The summed E-state index contributed by atoms with van der Waals surface area (Å²) in [5.41, 5.74) is -4.90. The molecule has 2 saturated carbocycles. The molecule has 7 N–H and O–H groups in total. The number of allylic oxidation sites excluding steroid dienone is 3. The highest BCUT2D eigenvalue weighted by atomic mass is 16.7. The van der Waals surface area contributed by atoms with E-state index in [9.17, 15) is 54.9 Å². The maximum absolute atomic E-state index is 13.7. The van der Waals surface area contributed by atoms with Gasteiger partial charge in [0.15, 0.2) is 11.5 Å². The molecular formula is C31H40O16. The van der Waals surface area contributed by atoms with E-state index in [2.05, 4.69) is 0 Å². The summed E-state index contributed by atoms with van der Waals surface area (Å²) in [5.74, 6) is -8.84. The van der Waals surface area contributed by atoms with Gasteiger partial charge in [-0.25, -0.2) is 14.4 Å². The Labute approximate surface area is 268 Å². The second-order valence-electron chi connectivity index (χ2n) is 14.1. The number of carboxylic acids is 1. The maximum atomic E-state index is 13.7. The highest BCUT2D eigenvalue weighted by molar-refractivity contribution is 5.97. The predicted molar refractivity (Wildman–Crippen MR) is 150 cm³/mol. The van der Waals surface area contributed by atoms with Gasteiger partial charge in [0.25, 0.3) is 0 Å². The van der Waals surface area contributed by atoms with Crippen LogP contribution in [0.5, 0.6) is 0 Å². The van der Waals surface area contributed by atoms with Gasteiger partial charge < -0.3 is 59.4 Å². The van der Waals surface area contributed by atoms with Crippen molar-refractivity contribution in [1.29, 1.82) is 0 Å². The van der Waals surface area contributed by atoms with E-state index in [0.717, 1.165) is 6.08 Å². The Morgan fingerprint density at radius 3 is 2.34 bits per heavy atom. The fraction of sp³-hybridized carbons (Fsp3) is 0.742. The minimum atomic E-state index is -2.57. The summed E-state index contributed by atoms with van der Waals surface area (Å²) in [6.45, 7) is 5.32. The van der Waals surface area contributed by atoms with Gasteiger partial charge in [0.1, 0.15) is 36.6 Å². The van der Waals surface area contributed by atoms with E-state index in [4.69, 9.17) is 23.7 Å². The van der Waals surface area contributed by atoms with Crippen LogP contribution in [-0.4, -0.2) is 133 Å². The lowest BCUT2D eigenvalue weighted by molar-refractivity contribution is -0.296. The number of Topliss-reactive ketones (excluding diaryl/α,β-unsaturated/α-hetero) is 1. The molecule has 0 radical (unpaired) electrons. The van der Waals surface area contributed by atoms with E-state index in [-0.39, 0.29) is 12.2 Å². The van der Waals surface area contributed by atoms with E-state index >= 15 is 0 Å². The number of ketones is 1. The van der Waals surface area contributed by atoms with Gasteiger partial charge in [0.2, 0.25) is 18.0 Å². The van der Waals surface area contributed by atoms with Crippen molar-refractivity contribution in [3.63, 3.8) is 0 Å². The highest BCUT2D eigenvalue weighted by Crippen LogP contribution is 2.72. The summed E-state index contributed by atoms with van der Waals surface area (Å²) in [6, 6.07) is 0. The van der Waals surface area contributed by atoms with Crippen LogP contribution in [0.15, 0.2) is 23.5 Å². The fourth-order valence-corrected chi connectivity index (χ4v) is 9.43. The minimum absolute atomic E-state index is 0.00247. The zero-order valence-electron chi connectivity index (χ0n) is 26.1. The van der Waals surface area contributed by atoms with E-state index in [0.29, 0.717) is 5.57 Å². The topological polar surface area (TPSA) is 256 Å². The number of carboxylic acid groups (broad SMARTS) is 1. The first-order valence-corrected chi connectivity index (χ1v) is 15.5. The molecule has 6 rings (SSSR count). The molecule has 16 nitrogen and oxygen atoms in total. The predicted octanol–water partition coefficient (Wildman–Crippen LogP) is -2.46. The average molecular weight is 669 g/mol. The van der Waals surface area contributed by atoms with Crippen molar-refractivity contribution < 1.29 is 78.6 Å². The number of esters is 2. The number of carbonyl (C=O) groups excluding carboxylic acids is 3. The van der Waals surface area contributed by atoms with Gasteiger partial charge in [-0.05, 0) is 37.7 Å². The zero-order valence-corrected chi connectivity index (χ0v) is 26.1. The minimum Gasteiger partial charge on any atom is -0.479 e. The van der Waals surface area contributed by atoms with Crippen LogP contribution in [0.1, 0.15) is 34.1 Å². The number of hydrogen-bond donors (Lipinski definition) is 7. The van der Waals surface area contributed by atoms with Gasteiger partial charge in [0, 0.05) is 23.3 Å². The SMILES string of the molecule is CC(C)=CC(=O)O[C@H]1C(=O)O[C@@H]2C[C@H]3[C@H](C)C(=O)C(O[C@@H]4O[C@H](CO)[C@@H](O)[C@H](O)[C@H]4O)=C[C@]3(C)[C@H]3[C@@H](O)[C@H](O)[C@@]4(C(=O)O)OC[C@]32[C@@H]14. The molecule has 0 amide bonds. The van der Waals surface area contributed by atoms with E-state index in [1.165, 1.54) is 6.08 Å². The van der Waals surface area contributed by atoms with Gasteiger partial charge in [-0.15, -0.1) is 0 Å². The number of ether oxygens (including phenoxy) is 5.